The molecule has 0 unspecified atom stereocenters. The second kappa shape index (κ2) is 9.49. The first-order valence-corrected chi connectivity index (χ1v) is 7.28. The van der Waals surface area contributed by atoms with Gasteiger partial charge in [0.2, 0.25) is 5.89 Å². The second-order valence-electron chi connectivity index (χ2n) is 4.89. The highest BCUT2D eigenvalue weighted by atomic mass is 127. The number of rotatable bonds is 5. The molecule has 2 N–H and O–H groups in total. The van der Waals surface area contributed by atoms with Gasteiger partial charge in [0.1, 0.15) is 11.6 Å². The average molecular weight is 432 g/mol. The largest absolute Gasteiger partial charge is 0.444 e. The standard InChI is InChI=1S/C16H21FN4O.HI/c1-4-18-16(19-9-13-7-5-6-8-14(13)17)20-10-15-21-11(2)12(3)22-15;/h5-8H,4,9-10H2,1-3H3,(H2,18,19,20);1H. The fourth-order valence-corrected chi connectivity index (χ4v) is 1.91. The molecule has 23 heavy (non-hydrogen) atoms. The van der Waals surface area contributed by atoms with Crippen LogP contribution in [0.15, 0.2) is 33.7 Å². The molecule has 1 aromatic carbocycles. The van der Waals surface area contributed by atoms with Gasteiger partial charge in [0.25, 0.3) is 0 Å². The average Bonchev–Trinajstić information content (AvgIpc) is 2.82. The molecule has 0 aliphatic carbocycles. The van der Waals surface area contributed by atoms with Crippen molar-refractivity contribution in [1.29, 1.82) is 0 Å². The number of oxazole rings is 1. The Labute approximate surface area is 152 Å². The second-order valence-corrected chi connectivity index (χ2v) is 4.89. The van der Waals surface area contributed by atoms with Gasteiger partial charge in [-0.05, 0) is 26.8 Å². The quantitative estimate of drug-likeness (QED) is 0.433. The first-order valence-electron chi connectivity index (χ1n) is 7.28. The number of benzene rings is 1. The summed E-state index contributed by atoms with van der Waals surface area (Å²) >= 11 is 0. The Kier molecular flexibility index (Phi) is 8.01. The fraction of sp³-hybridized carbons (Fsp3) is 0.375. The highest BCUT2D eigenvalue weighted by Gasteiger charge is 2.06. The van der Waals surface area contributed by atoms with E-state index in [-0.39, 0.29) is 36.3 Å². The minimum Gasteiger partial charge on any atom is -0.444 e. The third kappa shape index (κ3) is 5.81. The summed E-state index contributed by atoms with van der Waals surface area (Å²) in [4.78, 5) is 8.68. The minimum absolute atomic E-state index is 0. The highest BCUT2D eigenvalue weighted by Crippen LogP contribution is 2.08. The van der Waals surface area contributed by atoms with E-state index in [1.54, 1.807) is 18.2 Å². The van der Waals surface area contributed by atoms with E-state index in [4.69, 9.17) is 4.42 Å². The summed E-state index contributed by atoms with van der Waals surface area (Å²) < 4.78 is 19.1. The molecule has 0 bridgehead atoms. The van der Waals surface area contributed by atoms with E-state index in [1.165, 1.54) is 6.07 Å². The maximum Gasteiger partial charge on any atom is 0.214 e. The third-order valence-electron chi connectivity index (χ3n) is 3.19. The van der Waals surface area contributed by atoms with Crippen molar-refractivity contribution in [3.05, 3.63) is 53.0 Å². The monoisotopic (exact) mass is 432 g/mol. The topological polar surface area (TPSA) is 62.5 Å². The molecular weight excluding hydrogens is 410 g/mol. The molecule has 5 nitrogen and oxygen atoms in total. The number of halogens is 2. The zero-order chi connectivity index (χ0) is 15.9. The summed E-state index contributed by atoms with van der Waals surface area (Å²) in [6, 6.07) is 6.62. The van der Waals surface area contributed by atoms with Crippen LogP contribution in [0.5, 0.6) is 0 Å². The predicted octanol–water partition coefficient (Wildman–Crippen LogP) is 3.30. The van der Waals surface area contributed by atoms with E-state index < -0.39 is 0 Å². The Morgan fingerprint density at radius 3 is 2.61 bits per heavy atom. The smallest absolute Gasteiger partial charge is 0.214 e. The van der Waals surface area contributed by atoms with Crippen LogP contribution in [-0.2, 0) is 13.1 Å². The number of hydrogen-bond acceptors (Lipinski definition) is 3. The molecule has 0 aliphatic heterocycles. The highest BCUT2D eigenvalue weighted by molar-refractivity contribution is 14.0. The van der Waals surface area contributed by atoms with Gasteiger partial charge in [0.05, 0.1) is 18.8 Å². The molecule has 2 rings (SSSR count). The molecule has 0 spiro atoms. The van der Waals surface area contributed by atoms with Crippen LogP contribution < -0.4 is 10.6 Å². The molecule has 0 amide bonds. The van der Waals surface area contributed by atoms with Crippen LogP contribution in [0, 0.1) is 19.7 Å². The minimum atomic E-state index is -0.249. The first-order chi connectivity index (χ1) is 10.6. The van der Waals surface area contributed by atoms with Gasteiger partial charge >= 0.3 is 0 Å². The van der Waals surface area contributed by atoms with E-state index in [0.29, 0.717) is 30.5 Å². The first kappa shape index (κ1) is 19.4. The van der Waals surface area contributed by atoms with Gasteiger partial charge in [-0.3, -0.25) is 0 Å². The lowest BCUT2D eigenvalue weighted by atomic mass is 10.2. The van der Waals surface area contributed by atoms with Gasteiger partial charge in [0.15, 0.2) is 5.96 Å². The van der Waals surface area contributed by atoms with Gasteiger partial charge in [-0.2, -0.15) is 0 Å². The van der Waals surface area contributed by atoms with Crippen molar-refractivity contribution in [3.63, 3.8) is 0 Å². The number of aryl methyl sites for hydroxylation is 2. The number of hydrogen-bond donors (Lipinski definition) is 2. The van der Waals surface area contributed by atoms with Crippen LogP contribution in [-0.4, -0.2) is 17.5 Å². The van der Waals surface area contributed by atoms with Crippen LogP contribution >= 0.6 is 24.0 Å². The molecular formula is C16H22FIN4O. The number of nitrogens with one attached hydrogen (secondary N) is 2. The summed E-state index contributed by atoms with van der Waals surface area (Å²) in [5.74, 6) is 1.76. The predicted molar refractivity (Wildman–Crippen MR) is 99.4 cm³/mol. The molecule has 126 valence electrons. The molecule has 0 aliphatic rings. The fourth-order valence-electron chi connectivity index (χ4n) is 1.91. The van der Waals surface area contributed by atoms with E-state index in [9.17, 15) is 4.39 Å². The summed E-state index contributed by atoms with van der Waals surface area (Å²) in [6.07, 6.45) is 0. The molecule has 0 saturated heterocycles. The summed E-state index contributed by atoms with van der Waals surface area (Å²) in [6.45, 7) is 7.17. The molecule has 0 fully saturated rings. The summed E-state index contributed by atoms with van der Waals surface area (Å²) in [5, 5.41) is 6.24. The van der Waals surface area contributed by atoms with E-state index in [0.717, 1.165) is 11.5 Å². The maximum absolute atomic E-state index is 13.6. The van der Waals surface area contributed by atoms with Crippen molar-refractivity contribution in [1.82, 2.24) is 15.6 Å². The van der Waals surface area contributed by atoms with E-state index >= 15 is 0 Å². The van der Waals surface area contributed by atoms with Crippen molar-refractivity contribution in [2.24, 2.45) is 4.99 Å². The lowest BCUT2D eigenvalue weighted by Crippen LogP contribution is -2.36. The van der Waals surface area contributed by atoms with Crippen molar-refractivity contribution >= 4 is 29.9 Å². The zero-order valence-corrected chi connectivity index (χ0v) is 15.8. The Bertz CT molecular complexity index is 638. The van der Waals surface area contributed by atoms with Crippen LogP contribution in [0.4, 0.5) is 4.39 Å². The number of guanidine groups is 1. The molecule has 7 heteroatoms. The van der Waals surface area contributed by atoms with Gasteiger partial charge in [-0.15, -0.1) is 24.0 Å². The maximum atomic E-state index is 13.6. The Morgan fingerprint density at radius 2 is 2.00 bits per heavy atom. The van der Waals surface area contributed by atoms with Crippen LogP contribution in [0.3, 0.4) is 0 Å². The third-order valence-corrected chi connectivity index (χ3v) is 3.19. The molecule has 0 saturated carbocycles. The molecule has 2 aromatic rings. The summed E-state index contributed by atoms with van der Waals surface area (Å²) in [5.41, 5.74) is 1.44. The Morgan fingerprint density at radius 1 is 1.26 bits per heavy atom. The van der Waals surface area contributed by atoms with Crippen LogP contribution in [0.2, 0.25) is 0 Å². The number of aromatic nitrogens is 1. The Balaban J connectivity index is 0.00000264. The number of aliphatic imine (C=N–C) groups is 1. The molecule has 1 heterocycles. The van der Waals surface area contributed by atoms with E-state index in [2.05, 4.69) is 20.6 Å². The Hall–Kier alpha value is -1.64. The van der Waals surface area contributed by atoms with Gasteiger partial charge < -0.3 is 15.1 Å². The molecule has 0 atom stereocenters. The molecule has 0 radical (unpaired) electrons. The van der Waals surface area contributed by atoms with Crippen LogP contribution in [0.1, 0.15) is 29.8 Å². The number of nitrogens with zero attached hydrogens (tertiary/aromatic N) is 2. The summed E-state index contributed by atoms with van der Waals surface area (Å²) in [7, 11) is 0. The van der Waals surface area contributed by atoms with Crippen molar-refractivity contribution < 1.29 is 8.81 Å². The normalized spacial score (nSPS) is 11.0. The lowest BCUT2D eigenvalue weighted by Gasteiger charge is -2.10. The van der Waals surface area contributed by atoms with Crippen LogP contribution in [0.25, 0.3) is 0 Å². The molecule has 1 aromatic heterocycles. The van der Waals surface area contributed by atoms with Gasteiger partial charge in [0, 0.05) is 12.1 Å². The van der Waals surface area contributed by atoms with Crippen molar-refractivity contribution in [3.8, 4) is 0 Å². The van der Waals surface area contributed by atoms with Crippen molar-refractivity contribution in [2.45, 2.75) is 33.9 Å². The lowest BCUT2D eigenvalue weighted by molar-refractivity contribution is 0.463. The van der Waals surface area contributed by atoms with Gasteiger partial charge in [-0.25, -0.2) is 14.4 Å². The zero-order valence-electron chi connectivity index (χ0n) is 13.5. The van der Waals surface area contributed by atoms with Crippen molar-refractivity contribution in [2.75, 3.05) is 6.54 Å². The van der Waals surface area contributed by atoms with E-state index in [1.807, 2.05) is 20.8 Å². The SMILES string of the molecule is CCNC(=NCc1ccccc1F)NCc1nc(C)c(C)o1.I. The van der Waals surface area contributed by atoms with Gasteiger partial charge in [-0.1, -0.05) is 18.2 Å².